The zero-order chi connectivity index (χ0) is 19.4. The van der Waals surface area contributed by atoms with Crippen molar-refractivity contribution in [1.82, 2.24) is 4.98 Å². The Labute approximate surface area is 175 Å². The van der Waals surface area contributed by atoms with Crippen LogP contribution in [0.3, 0.4) is 0 Å². The highest BCUT2D eigenvalue weighted by molar-refractivity contribution is 7.20. The van der Waals surface area contributed by atoms with Gasteiger partial charge in [-0.1, -0.05) is 64.3 Å². The van der Waals surface area contributed by atoms with Crippen LogP contribution in [0, 0.1) is 0 Å². The number of anilines is 2. The topological polar surface area (TPSA) is 66.4 Å². The molecule has 0 aliphatic heterocycles. The molecule has 0 bridgehead atoms. The second-order valence-electron chi connectivity index (χ2n) is 5.42. The largest absolute Gasteiger partial charge is 0.316 e. The molecule has 3 aromatic rings. The Bertz CT molecular complexity index is 1000. The van der Waals surface area contributed by atoms with Gasteiger partial charge in [-0.25, -0.2) is 4.98 Å². The maximum absolute atomic E-state index is 11.5. The number of hydrazone groups is 1. The summed E-state index contributed by atoms with van der Waals surface area (Å²) in [5.41, 5.74) is 5.04. The second-order valence-corrected chi connectivity index (χ2v) is 7.70. The van der Waals surface area contributed by atoms with Gasteiger partial charge in [-0.15, -0.1) is 0 Å². The molecule has 1 aromatic heterocycles. The minimum Gasteiger partial charge on any atom is -0.316 e. The van der Waals surface area contributed by atoms with E-state index in [0.717, 1.165) is 5.56 Å². The number of hydrogen-bond acceptors (Lipinski definition) is 5. The van der Waals surface area contributed by atoms with Gasteiger partial charge in [-0.05, 0) is 24.3 Å². The van der Waals surface area contributed by atoms with Gasteiger partial charge in [-0.3, -0.25) is 10.2 Å². The van der Waals surface area contributed by atoms with Crippen LogP contribution in [0.15, 0.2) is 47.6 Å². The van der Waals surface area contributed by atoms with Gasteiger partial charge in [0.15, 0.2) is 0 Å². The number of carbonyl (C=O) groups excluding carboxylic acids is 1. The van der Waals surface area contributed by atoms with Crippen molar-refractivity contribution < 1.29 is 4.79 Å². The summed E-state index contributed by atoms with van der Waals surface area (Å²) >= 11 is 19.2. The summed E-state index contributed by atoms with van der Waals surface area (Å²) < 4.78 is 0. The van der Waals surface area contributed by atoms with Gasteiger partial charge in [0.2, 0.25) is 11.0 Å². The fraction of sp³-hybridized carbons (Fsp3) is 0.0556. The smallest absolute Gasteiger partial charge is 0.221 e. The molecule has 27 heavy (non-hydrogen) atoms. The van der Waals surface area contributed by atoms with E-state index in [0.29, 0.717) is 36.5 Å². The molecule has 2 aromatic carbocycles. The Morgan fingerprint density at radius 3 is 2.48 bits per heavy atom. The van der Waals surface area contributed by atoms with E-state index in [9.17, 15) is 4.79 Å². The third-order valence-corrected chi connectivity index (χ3v) is 5.05. The summed E-state index contributed by atoms with van der Waals surface area (Å²) in [4.78, 5) is 16.0. The quantitative estimate of drug-likeness (QED) is 0.369. The number of benzene rings is 2. The summed E-state index contributed by atoms with van der Waals surface area (Å²) in [6, 6.07) is 12.3. The number of thiazole rings is 1. The molecule has 138 valence electrons. The van der Waals surface area contributed by atoms with Crippen LogP contribution >= 0.6 is 46.1 Å². The van der Waals surface area contributed by atoms with Gasteiger partial charge in [0, 0.05) is 28.1 Å². The van der Waals surface area contributed by atoms with Crippen LogP contribution in [0.2, 0.25) is 15.1 Å². The molecule has 0 fully saturated rings. The molecule has 0 atom stereocenters. The molecule has 0 saturated carbocycles. The van der Waals surface area contributed by atoms with Crippen molar-refractivity contribution in [3.63, 3.8) is 0 Å². The lowest BCUT2D eigenvalue weighted by Gasteiger charge is -2.02. The molecular formula is C18H13Cl3N4OS. The third kappa shape index (κ3) is 5.20. The normalized spacial score (nSPS) is 11.0. The molecule has 1 heterocycles. The first-order valence-corrected chi connectivity index (χ1v) is 9.66. The number of nitrogens with zero attached hydrogens (tertiary/aromatic N) is 2. The number of hydrogen-bond donors (Lipinski definition) is 2. The molecule has 0 saturated heterocycles. The minimum atomic E-state index is -0.183. The van der Waals surface area contributed by atoms with Crippen molar-refractivity contribution in [1.29, 1.82) is 0 Å². The zero-order valence-corrected chi connectivity index (χ0v) is 17.0. The fourth-order valence-corrected chi connectivity index (χ4v) is 3.65. The molecule has 0 spiro atoms. The standard InChI is InChI=1S/C18H13Cl3N4OS/c1-10(26)23-17-16(11-2-5-13(19)6-3-11)24-18(27-17)25-22-9-12-4-7-14(20)8-15(12)21/h2-9H,1H3,(H,23,26)(H,24,25). The molecule has 0 aliphatic rings. The lowest BCUT2D eigenvalue weighted by atomic mass is 10.2. The number of amides is 1. The lowest BCUT2D eigenvalue weighted by Crippen LogP contribution is -2.05. The van der Waals surface area contributed by atoms with E-state index < -0.39 is 0 Å². The summed E-state index contributed by atoms with van der Waals surface area (Å²) in [5.74, 6) is -0.183. The van der Waals surface area contributed by atoms with Gasteiger partial charge < -0.3 is 5.32 Å². The van der Waals surface area contributed by atoms with Crippen LogP contribution in [0.1, 0.15) is 12.5 Å². The van der Waals surface area contributed by atoms with E-state index in [2.05, 4.69) is 20.8 Å². The van der Waals surface area contributed by atoms with Crippen LogP contribution in [0.25, 0.3) is 11.3 Å². The molecule has 0 unspecified atom stereocenters. The summed E-state index contributed by atoms with van der Waals surface area (Å²) in [5, 5.41) is 9.75. The summed E-state index contributed by atoms with van der Waals surface area (Å²) in [6.07, 6.45) is 1.57. The van der Waals surface area contributed by atoms with E-state index in [4.69, 9.17) is 34.8 Å². The first kappa shape index (κ1) is 19.6. The highest BCUT2D eigenvalue weighted by Gasteiger charge is 2.14. The molecule has 0 radical (unpaired) electrons. The highest BCUT2D eigenvalue weighted by atomic mass is 35.5. The Morgan fingerprint density at radius 2 is 1.81 bits per heavy atom. The molecule has 3 rings (SSSR count). The fourth-order valence-electron chi connectivity index (χ4n) is 2.18. The average molecular weight is 440 g/mol. The van der Waals surface area contributed by atoms with Gasteiger partial charge in [0.1, 0.15) is 10.7 Å². The lowest BCUT2D eigenvalue weighted by molar-refractivity contribution is -0.114. The molecular weight excluding hydrogens is 427 g/mol. The predicted octanol–water partition coefficient (Wildman–Crippen LogP) is 6.17. The van der Waals surface area contributed by atoms with E-state index in [1.54, 1.807) is 36.5 Å². The maximum Gasteiger partial charge on any atom is 0.221 e. The number of nitrogens with one attached hydrogen (secondary N) is 2. The summed E-state index contributed by atoms with van der Waals surface area (Å²) in [7, 11) is 0. The van der Waals surface area contributed by atoms with Crippen molar-refractivity contribution in [2.45, 2.75) is 6.92 Å². The Balaban J connectivity index is 1.84. The van der Waals surface area contributed by atoms with Crippen molar-refractivity contribution in [3.8, 4) is 11.3 Å². The predicted molar refractivity (Wildman–Crippen MR) is 115 cm³/mol. The first-order chi connectivity index (χ1) is 12.9. The van der Waals surface area contributed by atoms with E-state index in [1.165, 1.54) is 18.3 Å². The Morgan fingerprint density at radius 1 is 1.11 bits per heavy atom. The number of aromatic nitrogens is 1. The van der Waals surface area contributed by atoms with Gasteiger partial charge in [0.25, 0.3) is 0 Å². The van der Waals surface area contributed by atoms with Crippen LogP contribution in [-0.2, 0) is 4.79 Å². The Kier molecular flexibility index (Phi) is 6.34. The monoisotopic (exact) mass is 438 g/mol. The Hall–Kier alpha value is -2.12. The minimum absolute atomic E-state index is 0.183. The van der Waals surface area contributed by atoms with Crippen molar-refractivity contribution in [2.24, 2.45) is 5.10 Å². The van der Waals surface area contributed by atoms with Gasteiger partial charge >= 0.3 is 0 Å². The van der Waals surface area contributed by atoms with Crippen LogP contribution < -0.4 is 10.7 Å². The maximum atomic E-state index is 11.5. The highest BCUT2D eigenvalue weighted by Crippen LogP contribution is 2.36. The van der Waals surface area contributed by atoms with E-state index >= 15 is 0 Å². The van der Waals surface area contributed by atoms with Crippen LogP contribution in [0.4, 0.5) is 10.1 Å². The summed E-state index contributed by atoms with van der Waals surface area (Å²) in [6.45, 7) is 1.44. The molecule has 0 aliphatic carbocycles. The molecule has 5 nitrogen and oxygen atoms in total. The van der Waals surface area contributed by atoms with Crippen LogP contribution in [-0.4, -0.2) is 17.1 Å². The van der Waals surface area contributed by atoms with Crippen molar-refractivity contribution >= 4 is 68.4 Å². The van der Waals surface area contributed by atoms with Gasteiger partial charge in [0.05, 0.1) is 11.2 Å². The third-order valence-electron chi connectivity index (χ3n) is 3.36. The zero-order valence-electron chi connectivity index (χ0n) is 14.0. The molecule has 9 heteroatoms. The van der Waals surface area contributed by atoms with Crippen molar-refractivity contribution in [3.05, 3.63) is 63.1 Å². The van der Waals surface area contributed by atoms with E-state index in [1.807, 2.05) is 12.1 Å². The second kappa shape index (κ2) is 8.71. The van der Waals surface area contributed by atoms with E-state index in [-0.39, 0.29) is 5.91 Å². The molecule has 1 amide bonds. The average Bonchev–Trinajstić information content (AvgIpc) is 2.99. The van der Waals surface area contributed by atoms with Gasteiger partial charge in [-0.2, -0.15) is 5.10 Å². The number of halogens is 3. The SMILES string of the molecule is CC(=O)Nc1sc(NN=Cc2ccc(Cl)cc2Cl)nc1-c1ccc(Cl)cc1. The first-order valence-electron chi connectivity index (χ1n) is 7.71. The molecule has 2 N–H and O–H groups in total. The van der Waals surface area contributed by atoms with Crippen molar-refractivity contribution in [2.75, 3.05) is 10.7 Å². The number of rotatable bonds is 5. The number of carbonyl (C=O) groups is 1. The van der Waals surface area contributed by atoms with Crippen LogP contribution in [0.5, 0.6) is 0 Å².